The molecule has 0 aliphatic carbocycles. The van der Waals surface area contributed by atoms with E-state index >= 15 is 0 Å². The summed E-state index contributed by atoms with van der Waals surface area (Å²) < 4.78 is 30.5. The first-order valence-electron chi connectivity index (χ1n) is 11.4. The Morgan fingerprint density at radius 1 is 1.03 bits per heavy atom. The molecule has 2 N–H and O–H groups in total. The predicted molar refractivity (Wildman–Crippen MR) is 139 cm³/mol. The summed E-state index contributed by atoms with van der Waals surface area (Å²) in [5.74, 6) is -0.147. The minimum Gasteiger partial charge on any atom is -0.489 e. The molecule has 1 unspecified atom stereocenters. The van der Waals surface area contributed by atoms with Crippen LogP contribution in [0.1, 0.15) is 36.8 Å². The van der Waals surface area contributed by atoms with Gasteiger partial charge in [0.25, 0.3) is 0 Å². The number of hydrogen-bond donors (Lipinski definition) is 2. The largest absolute Gasteiger partial charge is 0.489 e. The van der Waals surface area contributed by atoms with E-state index < -0.39 is 15.9 Å². The van der Waals surface area contributed by atoms with Gasteiger partial charge in [-0.3, -0.25) is 9.52 Å². The second-order valence-electron chi connectivity index (χ2n) is 9.14. The summed E-state index contributed by atoms with van der Waals surface area (Å²) in [5.41, 5.74) is 1.37. The summed E-state index contributed by atoms with van der Waals surface area (Å²) in [5, 5.41) is 4.36. The molecular formula is C24H26Cl3N3O5S. The van der Waals surface area contributed by atoms with Crippen molar-refractivity contribution in [2.75, 3.05) is 6.26 Å². The van der Waals surface area contributed by atoms with Crippen molar-refractivity contribution in [3.63, 3.8) is 0 Å². The normalized spacial score (nSPS) is 21.2. The van der Waals surface area contributed by atoms with Gasteiger partial charge < -0.3 is 15.0 Å². The highest BCUT2D eigenvalue weighted by Crippen LogP contribution is 2.38. The van der Waals surface area contributed by atoms with Crippen LogP contribution in [0.15, 0.2) is 36.4 Å². The lowest BCUT2D eigenvalue weighted by Gasteiger charge is -2.39. The molecule has 2 bridgehead atoms. The molecule has 2 aliphatic rings. The molecule has 3 amide bonds. The number of rotatable bonds is 7. The van der Waals surface area contributed by atoms with Crippen molar-refractivity contribution in [1.82, 2.24) is 14.9 Å². The molecule has 2 heterocycles. The number of benzene rings is 2. The van der Waals surface area contributed by atoms with Gasteiger partial charge in [-0.2, -0.15) is 0 Å². The average molecular weight is 575 g/mol. The monoisotopic (exact) mass is 573 g/mol. The molecule has 194 valence electrons. The Morgan fingerprint density at radius 2 is 1.72 bits per heavy atom. The van der Waals surface area contributed by atoms with Gasteiger partial charge >= 0.3 is 6.03 Å². The number of sulfonamides is 1. The molecule has 2 aliphatic heterocycles. The second kappa shape index (κ2) is 11.0. The highest BCUT2D eigenvalue weighted by atomic mass is 35.5. The van der Waals surface area contributed by atoms with Gasteiger partial charge in [-0.1, -0.05) is 46.9 Å². The zero-order valence-electron chi connectivity index (χ0n) is 19.5. The molecule has 8 nitrogen and oxygen atoms in total. The minimum atomic E-state index is -3.62. The van der Waals surface area contributed by atoms with E-state index in [-0.39, 0.29) is 30.6 Å². The fourth-order valence-corrected chi connectivity index (χ4v) is 6.05. The first-order valence-corrected chi connectivity index (χ1v) is 14.5. The molecule has 12 heteroatoms. The number of nitrogens with zero attached hydrogens (tertiary/aromatic N) is 1. The van der Waals surface area contributed by atoms with E-state index in [2.05, 4.69) is 5.32 Å². The van der Waals surface area contributed by atoms with E-state index in [0.29, 0.717) is 45.8 Å². The van der Waals surface area contributed by atoms with Crippen molar-refractivity contribution in [2.45, 2.75) is 56.8 Å². The van der Waals surface area contributed by atoms with E-state index in [9.17, 15) is 18.0 Å². The third-order valence-corrected chi connectivity index (χ3v) is 7.80. The molecule has 2 saturated heterocycles. The van der Waals surface area contributed by atoms with E-state index in [1.807, 2.05) is 9.62 Å². The van der Waals surface area contributed by atoms with Crippen molar-refractivity contribution < 1.29 is 22.7 Å². The maximum absolute atomic E-state index is 13.0. The van der Waals surface area contributed by atoms with E-state index in [1.165, 1.54) is 0 Å². The number of carbonyl (C=O) groups excluding carboxylic acids is 2. The lowest BCUT2D eigenvalue weighted by Crippen LogP contribution is -2.52. The molecule has 0 spiro atoms. The van der Waals surface area contributed by atoms with Crippen molar-refractivity contribution in [3.8, 4) is 5.75 Å². The van der Waals surface area contributed by atoms with Crippen LogP contribution >= 0.6 is 34.8 Å². The number of carbonyl (C=O) groups is 2. The molecule has 0 radical (unpaired) electrons. The number of fused-ring (bicyclic) bond motifs is 2. The van der Waals surface area contributed by atoms with Crippen molar-refractivity contribution in [2.24, 2.45) is 0 Å². The number of nitrogens with one attached hydrogen (secondary N) is 2. The van der Waals surface area contributed by atoms with Crippen LogP contribution in [0, 0.1) is 0 Å². The Bertz CT molecular complexity index is 1260. The van der Waals surface area contributed by atoms with Crippen LogP contribution in [0.5, 0.6) is 5.75 Å². The SMILES string of the molecule is CS(=O)(=O)NC(=O)Cc1ccc(OC2C[C@H]3CC[C@@H](C2)N3C(=O)NCc2ccc(Cl)cc2Cl)c(Cl)c1. The summed E-state index contributed by atoms with van der Waals surface area (Å²) >= 11 is 18.5. The van der Waals surface area contributed by atoms with E-state index in [0.717, 1.165) is 24.7 Å². The smallest absolute Gasteiger partial charge is 0.318 e. The van der Waals surface area contributed by atoms with Gasteiger partial charge in [0.1, 0.15) is 11.9 Å². The van der Waals surface area contributed by atoms with Gasteiger partial charge in [0.2, 0.25) is 15.9 Å². The molecular weight excluding hydrogens is 549 g/mol. The summed E-state index contributed by atoms with van der Waals surface area (Å²) in [6.07, 6.45) is 3.87. The molecule has 2 fully saturated rings. The third-order valence-electron chi connectivity index (χ3n) is 6.32. The fourth-order valence-electron chi connectivity index (χ4n) is 4.84. The number of halogens is 3. The maximum atomic E-state index is 13.0. The average Bonchev–Trinajstić information content (AvgIpc) is 3.04. The van der Waals surface area contributed by atoms with Crippen LogP contribution in [0.25, 0.3) is 0 Å². The highest BCUT2D eigenvalue weighted by molar-refractivity contribution is 7.89. The van der Waals surface area contributed by atoms with Crippen LogP contribution in [0.3, 0.4) is 0 Å². The summed E-state index contributed by atoms with van der Waals surface area (Å²) in [7, 11) is -3.62. The summed E-state index contributed by atoms with van der Waals surface area (Å²) in [6.45, 7) is 0.314. The van der Waals surface area contributed by atoms with Gasteiger partial charge in [-0.25, -0.2) is 13.2 Å². The van der Waals surface area contributed by atoms with Crippen molar-refractivity contribution >= 4 is 56.8 Å². The molecule has 2 aromatic carbocycles. The fraction of sp³-hybridized carbons (Fsp3) is 0.417. The number of piperidine rings is 1. The van der Waals surface area contributed by atoms with Gasteiger partial charge in [0.15, 0.2) is 0 Å². The highest BCUT2D eigenvalue weighted by Gasteiger charge is 2.44. The Labute approximate surface area is 225 Å². The van der Waals surface area contributed by atoms with Crippen molar-refractivity contribution in [3.05, 3.63) is 62.6 Å². The van der Waals surface area contributed by atoms with E-state index in [4.69, 9.17) is 39.5 Å². The lowest BCUT2D eigenvalue weighted by molar-refractivity contribution is -0.118. The first-order chi connectivity index (χ1) is 17.0. The lowest BCUT2D eigenvalue weighted by atomic mass is 10.00. The van der Waals surface area contributed by atoms with Gasteiger partial charge in [0, 0.05) is 41.5 Å². The number of hydrogen-bond acceptors (Lipinski definition) is 5. The molecule has 0 saturated carbocycles. The quantitative estimate of drug-likeness (QED) is 0.505. The van der Waals surface area contributed by atoms with Crippen LogP contribution in [-0.4, -0.2) is 49.7 Å². The van der Waals surface area contributed by atoms with Crippen LogP contribution in [0.2, 0.25) is 15.1 Å². The van der Waals surface area contributed by atoms with Gasteiger partial charge in [-0.05, 0) is 48.2 Å². The van der Waals surface area contributed by atoms with Gasteiger partial charge in [0.05, 0.1) is 17.7 Å². The van der Waals surface area contributed by atoms with E-state index in [1.54, 1.807) is 36.4 Å². The second-order valence-corrected chi connectivity index (χ2v) is 12.1. The minimum absolute atomic E-state index is 0.0622. The number of amides is 3. The Morgan fingerprint density at radius 3 is 2.33 bits per heavy atom. The summed E-state index contributed by atoms with van der Waals surface area (Å²) in [6, 6.07) is 10.2. The summed E-state index contributed by atoms with van der Waals surface area (Å²) in [4.78, 5) is 26.7. The molecule has 4 rings (SSSR count). The molecule has 0 aromatic heterocycles. The standard InChI is InChI=1S/C24H26Cl3N3O5S/c1-36(33,34)29-23(31)9-14-2-7-22(21(27)8-14)35-19-11-17-5-6-18(12-19)30(17)24(32)28-13-15-3-4-16(25)10-20(15)26/h2-4,7-8,10,17-19H,5-6,9,11-13H2,1H3,(H,28,32)(H,29,31)/t17-,18+,19?. The number of ether oxygens (including phenoxy) is 1. The Kier molecular flexibility index (Phi) is 8.24. The molecule has 2 aromatic rings. The van der Waals surface area contributed by atoms with Crippen LogP contribution < -0.4 is 14.8 Å². The predicted octanol–water partition coefficient (Wildman–Crippen LogP) is 4.55. The first kappa shape index (κ1) is 26.9. The van der Waals surface area contributed by atoms with Crippen molar-refractivity contribution in [1.29, 1.82) is 0 Å². The zero-order valence-corrected chi connectivity index (χ0v) is 22.6. The molecule has 3 atom stereocenters. The Hall–Kier alpha value is -2.20. The van der Waals surface area contributed by atoms with Crippen LogP contribution in [0.4, 0.5) is 4.79 Å². The topological polar surface area (TPSA) is 105 Å². The van der Waals surface area contributed by atoms with Crippen LogP contribution in [-0.2, 0) is 27.8 Å². The number of urea groups is 1. The van der Waals surface area contributed by atoms with Gasteiger partial charge in [-0.15, -0.1) is 0 Å². The molecule has 36 heavy (non-hydrogen) atoms. The maximum Gasteiger partial charge on any atom is 0.318 e. The Balaban J connectivity index is 1.32. The third kappa shape index (κ3) is 6.76. The zero-order chi connectivity index (χ0) is 26.0.